The van der Waals surface area contributed by atoms with Gasteiger partial charge in [-0.3, -0.25) is 0 Å². The highest BCUT2D eigenvalue weighted by Crippen LogP contribution is 2.12. The van der Waals surface area contributed by atoms with Crippen molar-refractivity contribution in [2.24, 2.45) is 0 Å². The zero-order valence-corrected chi connectivity index (χ0v) is 7.71. The number of nitrogens with zero attached hydrogens (tertiary/aromatic N) is 1. The van der Waals surface area contributed by atoms with Crippen molar-refractivity contribution >= 4 is 25.7 Å². The summed E-state index contributed by atoms with van der Waals surface area (Å²) in [6, 6.07) is 2.15. The largest absolute Gasteiger partial charge is 0.477 e. The number of aromatic nitrogens is 1. The van der Waals surface area contributed by atoms with Crippen molar-refractivity contribution in [3.63, 3.8) is 0 Å². The van der Waals surface area contributed by atoms with Crippen molar-refractivity contribution in [1.29, 1.82) is 0 Å². The van der Waals surface area contributed by atoms with E-state index in [2.05, 4.69) is 4.98 Å². The second-order valence-corrected chi connectivity index (χ2v) is 4.69. The molecule has 1 rings (SSSR count). The molecule has 0 fully saturated rings. The molecule has 0 aliphatic rings. The lowest BCUT2D eigenvalue weighted by molar-refractivity contribution is 0.0690. The molecule has 7 heteroatoms. The van der Waals surface area contributed by atoms with Gasteiger partial charge in [0, 0.05) is 16.9 Å². The van der Waals surface area contributed by atoms with Crippen molar-refractivity contribution in [2.45, 2.75) is 4.90 Å². The van der Waals surface area contributed by atoms with Crippen molar-refractivity contribution < 1.29 is 18.3 Å². The Morgan fingerprint density at radius 1 is 1.46 bits per heavy atom. The molecule has 0 radical (unpaired) electrons. The van der Waals surface area contributed by atoms with Gasteiger partial charge in [0.25, 0.3) is 9.05 Å². The van der Waals surface area contributed by atoms with Crippen molar-refractivity contribution in [2.75, 3.05) is 0 Å². The number of pyridine rings is 1. The summed E-state index contributed by atoms with van der Waals surface area (Å²) in [5, 5.41) is 8.43. The average molecular weight is 222 g/mol. The van der Waals surface area contributed by atoms with Gasteiger partial charge < -0.3 is 5.11 Å². The minimum Gasteiger partial charge on any atom is -0.477 e. The van der Waals surface area contributed by atoms with E-state index in [-0.39, 0.29) is 10.6 Å². The van der Waals surface area contributed by atoms with Crippen molar-refractivity contribution in [1.82, 2.24) is 4.98 Å². The van der Waals surface area contributed by atoms with E-state index in [0.29, 0.717) is 0 Å². The maximum atomic E-state index is 10.7. The van der Waals surface area contributed by atoms with Gasteiger partial charge in [-0.05, 0) is 12.1 Å². The van der Waals surface area contributed by atoms with Gasteiger partial charge in [-0.1, -0.05) is 0 Å². The summed E-state index contributed by atoms with van der Waals surface area (Å²) in [6.45, 7) is 0. The Morgan fingerprint density at radius 2 is 2.08 bits per heavy atom. The van der Waals surface area contributed by atoms with Gasteiger partial charge in [-0.25, -0.2) is 18.2 Å². The zero-order chi connectivity index (χ0) is 10.1. The number of carbonyl (C=O) groups is 1. The van der Waals surface area contributed by atoms with Crippen LogP contribution in [0.2, 0.25) is 0 Å². The Balaban J connectivity index is 3.16. The summed E-state index contributed by atoms with van der Waals surface area (Å²) in [7, 11) is 1.15. The average Bonchev–Trinajstić information content (AvgIpc) is 2.03. The fourth-order valence-electron chi connectivity index (χ4n) is 0.651. The molecular weight excluding hydrogens is 218 g/mol. The standard InChI is InChI=1S/C6H4ClNO4S/c7-13(11,12)4-1-2-5(6(9)10)8-3-4/h1-3H,(H,9,10). The summed E-state index contributed by atoms with van der Waals surface area (Å²) < 4.78 is 21.4. The summed E-state index contributed by atoms with van der Waals surface area (Å²) >= 11 is 0. The first kappa shape index (κ1) is 9.94. The minimum absolute atomic E-state index is 0.223. The van der Waals surface area contributed by atoms with Gasteiger partial charge >= 0.3 is 5.97 Å². The molecule has 0 spiro atoms. The summed E-state index contributed by atoms with van der Waals surface area (Å²) in [6.07, 6.45) is 0.895. The molecule has 0 unspecified atom stereocenters. The fourth-order valence-corrected chi connectivity index (χ4v) is 1.33. The molecule has 1 heterocycles. The zero-order valence-electron chi connectivity index (χ0n) is 6.14. The third kappa shape index (κ3) is 2.40. The molecule has 1 N–H and O–H groups in total. The molecule has 1 aromatic rings. The predicted octanol–water partition coefficient (Wildman–Crippen LogP) is 0.707. The van der Waals surface area contributed by atoms with Crippen LogP contribution in [0.25, 0.3) is 0 Å². The van der Waals surface area contributed by atoms with E-state index in [9.17, 15) is 13.2 Å². The normalized spacial score (nSPS) is 11.2. The number of carboxylic acids is 1. The third-order valence-electron chi connectivity index (χ3n) is 1.24. The first-order valence-electron chi connectivity index (χ1n) is 3.05. The Morgan fingerprint density at radius 3 is 2.38 bits per heavy atom. The molecule has 70 valence electrons. The number of rotatable bonds is 2. The highest BCUT2D eigenvalue weighted by Gasteiger charge is 2.11. The van der Waals surface area contributed by atoms with E-state index in [1.807, 2.05) is 0 Å². The smallest absolute Gasteiger partial charge is 0.354 e. The third-order valence-corrected chi connectivity index (χ3v) is 2.58. The summed E-state index contributed by atoms with van der Waals surface area (Å²) in [4.78, 5) is 13.5. The minimum atomic E-state index is -3.83. The fraction of sp³-hybridized carbons (Fsp3) is 0. The molecule has 0 saturated heterocycles. The van der Waals surface area contributed by atoms with Crippen LogP contribution in [0.5, 0.6) is 0 Å². The van der Waals surface area contributed by atoms with Gasteiger partial charge in [0.2, 0.25) is 0 Å². The molecule has 0 bridgehead atoms. The molecule has 0 aliphatic carbocycles. The number of carboxylic acid groups (broad SMARTS) is 1. The van der Waals surface area contributed by atoms with Gasteiger partial charge in [0.1, 0.15) is 10.6 Å². The molecule has 0 saturated carbocycles. The van der Waals surface area contributed by atoms with E-state index in [0.717, 1.165) is 18.3 Å². The van der Waals surface area contributed by atoms with Crippen LogP contribution >= 0.6 is 10.7 Å². The SMILES string of the molecule is O=C(O)c1ccc(S(=O)(=O)Cl)cn1. The first-order chi connectivity index (χ1) is 5.91. The molecule has 0 amide bonds. The van der Waals surface area contributed by atoms with E-state index in [1.165, 1.54) is 0 Å². The predicted molar refractivity (Wildman–Crippen MR) is 44.2 cm³/mol. The Bertz CT molecular complexity index is 424. The van der Waals surface area contributed by atoms with Crippen LogP contribution in [0, 0.1) is 0 Å². The molecule has 0 aliphatic heterocycles. The van der Waals surface area contributed by atoms with Gasteiger partial charge in [0.05, 0.1) is 0 Å². The second-order valence-electron chi connectivity index (χ2n) is 2.12. The highest BCUT2D eigenvalue weighted by molar-refractivity contribution is 8.13. The Hall–Kier alpha value is -1.14. The topological polar surface area (TPSA) is 84.3 Å². The van der Waals surface area contributed by atoms with Crippen molar-refractivity contribution in [3.05, 3.63) is 24.0 Å². The van der Waals surface area contributed by atoms with Crippen molar-refractivity contribution in [3.8, 4) is 0 Å². The monoisotopic (exact) mass is 221 g/mol. The Kier molecular flexibility index (Phi) is 2.53. The van der Waals surface area contributed by atoms with Crippen LogP contribution in [-0.2, 0) is 9.05 Å². The lowest BCUT2D eigenvalue weighted by atomic mass is 10.4. The summed E-state index contributed by atoms with van der Waals surface area (Å²) in [5.41, 5.74) is -0.232. The molecule has 0 aromatic carbocycles. The lowest BCUT2D eigenvalue weighted by Gasteiger charge is -1.95. The van der Waals surface area contributed by atoms with E-state index in [4.69, 9.17) is 15.8 Å². The van der Waals surface area contributed by atoms with Crippen LogP contribution in [0.4, 0.5) is 0 Å². The molecule has 13 heavy (non-hydrogen) atoms. The molecule has 1 aromatic heterocycles. The van der Waals surface area contributed by atoms with Crippen LogP contribution in [0.1, 0.15) is 10.5 Å². The number of aromatic carboxylic acids is 1. The molecular formula is C6H4ClNO4S. The van der Waals surface area contributed by atoms with Crippen LogP contribution in [-0.4, -0.2) is 24.5 Å². The number of halogens is 1. The maximum absolute atomic E-state index is 10.7. The highest BCUT2D eigenvalue weighted by atomic mass is 35.7. The van der Waals surface area contributed by atoms with E-state index in [1.54, 1.807) is 0 Å². The second kappa shape index (κ2) is 3.31. The lowest BCUT2D eigenvalue weighted by Crippen LogP contribution is -2.01. The van der Waals surface area contributed by atoms with Gasteiger partial charge in [0.15, 0.2) is 0 Å². The first-order valence-corrected chi connectivity index (χ1v) is 5.36. The summed E-state index contributed by atoms with van der Waals surface area (Å²) in [5.74, 6) is -1.22. The van der Waals surface area contributed by atoms with E-state index < -0.39 is 15.0 Å². The Labute approximate surface area is 78.4 Å². The van der Waals surface area contributed by atoms with Crippen LogP contribution in [0.3, 0.4) is 0 Å². The molecule has 5 nitrogen and oxygen atoms in total. The van der Waals surface area contributed by atoms with Gasteiger partial charge in [-0.2, -0.15) is 0 Å². The van der Waals surface area contributed by atoms with Crippen LogP contribution in [0.15, 0.2) is 23.2 Å². The quantitative estimate of drug-likeness (QED) is 0.744. The van der Waals surface area contributed by atoms with Gasteiger partial charge in [-0.15, -0.1) is 0 Å². The molecule has 0 atom stereocenters. The van der Waals surface area contributed by atoms with E-state index >= 15 is 0 Å². The number of hydrogen-bond donors (Lipinski definition) is 1. The number of hydrogen-bond acceptors (Lipinski definition) is 4. The van der Waals surface area contributed by atoms with Crippen LogP contribution < -0.4 is 0 Å². The maximum Gasteiger partial charge on any atom is 0.354 e.